The van der Waals surface area contributed by atoms with Crippen LogP contribution in [0.5, 0.6) is 0 Å². The van der Waals surface area contributed by atoms with Crippen LogP contribution in [0.4, 0.5) is 0 Å². The SMILES string of the molecule is CCC(O)COC(=O)/C=C(\O)c1cc2c(o1)C(=O)c1ccccc1C2=O. The molecule has 1 aromatic carbocycles. The Kier molecular flexibility index (Phi) is 4.73. The molecule has 0 aliphatic heterocycles. The van der Waals surface area contributed by atoms with Crippen LogP contribution in [0.2, 0.25) is 0 Å². The lowest BCUT2D eigenvalue weighted by molar-refractivity contribution is -0.140. The molecule has 2 aromatic rings. The molecule has 1 aliphatic carbocycles. The van der Waals surface area contributed by atoms with E-state index in [-0.39, 0.29) is 34.8 Å². The first-order valence-electron chi connectivity index (χ1n) is 8.00. The second-order valence-electron chi connectivity index (χ2n) is 5.78. The first-order chi connectivity index (χ1) is 12.4. The van der Waals surface area contributed by atoms with Gasteiger partial charge in [0.1, 0.15) is 6.61 Å². The van der Waals surface area contributed by atoms with Crippen molar-refractivity contribution in [3.63, 3.8) is 0 Å². The van der Waals surface area contributed by atoms with E-state index in [2.05, 4.69) is 0 Å². The molecule has 26 heavy (non-hydrogen) atoms. The van der Waals surface area contributed by atoms with Crippen molar-refractivity contribution in [2.24, 2.45) is 0 Å². The molecule has 1 unspecified atom stereocenters. The number of ketones is 2. The van der Waals surface area contributed by atoms with E-state index in [1.54, 1.807) is 19.1 Å². The minimum absolute atomic E-state index is 0.0263. The van der Waals surface area contributed by atoms with Gasteiger partial charge < -0.3 is 19.4 Å². The molecule has 1 heterocycles. The molecule has 0 bridgehead atoms. The third-order valence-corrected chi connectivity index (χ3v) is 4.00. The quantitative estimate of drug-likeness (QED) is 0.409. The number of aliphatic hydroxyl groups is 2. The fourth-order valence-corrected chi connectivity index (χ4v) is 2.52. The number of carbonyl (C=O) groups excluding carboxylic acids is 3. The summed E-state index contributed by atoms with van der Waals surface area (Å²) >= 11 is 0. The lowest BCUT2D eigenvalue weighted by Gasteiger charge is -2.11. The number of rotatable bonds is 5. The number of hydrogen-bond donors (Lipinski definition) is 2. The predicted molar refractivity (Wildman–Crippen MR) is 89.9 cm³/mol. The van der Waals surface area contributed by atoms with Crippen molar-refractivity contribution >= 4 is 23.3 Å². The highest BCUT2D eigenvalue weighted by molar-refractivity contribution is 6.27. The van der Waals surface area contributed by atoms with E-state index in [0.29, 0.717) is 6.42 Å². The minimum Gasteiger partial charge on any atom is -0.504 e. The van der Waals surface area contributed by atoms with E-state index in [1.807, 2.05) is 0 Å². The number of aliphatic hydroxyl groups excluding tert-OH is 2. The van der Waals surface area contributed by atoms with Crippen molar-refractivity contribution in [3.05, 3.63) is 64.6 Å². The topological polar surface area (TPSA) is 114 Å². The van der Waals surface area contributed by atoms with E-state index in [9.17, 15) is 24.6 Å². The van der Waals surface area contributed by atoms with Gasteiger partial charge in [-0.05, 0) is 12.5 Å². The molecule has 0 amide bonds. The Morgan fingerprint density at radius 2 is 1.85 bits per heavy atom. The van der Waals surface area contributed by atoms with E-state index < -0.39 is 29.4 Å². The molecule has 0 fully saturated rings. The third kappa shape index (κ3) is 3.16. The standard InChI is InChI=1S/C19H16O7/c1-2-10(20)9-25-16(22)8-14(21)15-7-13-17(23)11-5-3-4-6-12(11)18(24)19(13)26-15/h3-8,10,20-21H,2,9H2,1H3/b14-8-. The molecular formula is C19H16O7. The molecule has 134 valence electrons. The van der Waals surface area contributed by atoms with Gasteiger partial charge >= 0.3 is 5.97 Å². The Balaban J connectivity index is 1.86. The molecular weight excluding hydrogens is 340 g/mol. The predicted octanol–water partition coefficient (Wildman–Crippen LogP) is 2.27. The van der Waals surface area contributed by atoms with E-state index >= 15 is 0 Å². The Labute approximate surface area is 148 Å². The molecule has 7 heteroatoms. The van der Waals surface area contributed by atoms with Gasteiger partial charge in [-0.2, -0.15) is 0 Å². The largest absolute Gasteiger partial charge is 0.504 e. The highest BCUT2D eigenvalue weighted by atomic mass is 16.5. The van der Waals surface area contributed by atoms with E-state index in [1.165, 1.54) is 18.2 Å². The second kappa shape index (κ2) is 6.97. The van der Waals surface area contributed by atoms with Crippen molar-refractivity contribution in [2.75, 3.05) is 6.61 Å². The van der Waals surface area contributed by atoms with Crippen LogP contribution in [-0.2, 0) is 9.53 Å². The second-order valence-corrected chi connectivity index (χ2v) is 5.78. The summed E-state index contributed by atoms with van der Waals surface area (Å²) in [5, 5.41) is 19.4. The van der Waals surface area contributed by atoms with Gasteiger partial charge in [0.2, 0.25) is 5.78 Å². The molecule has 0 saturated carbocycles. The Bertz CT molecular complexity index is 867. The van der Waals surface area contributed by atoms with Crippen LogP contribution in [0.1, 0.15) is 51.1 Å². The molecule has 0 spiro atoms. The summed E-state index contributed by atoms with van der Waals surface area (Å²) in [6.07, 6.45) is 0.382. The van der Waals surface area contributed by atoms with Gasteiger partial charge in [0, 0.05) is 11.1 Å². The van der Waals surface area contributed by atoms with Crippen LogP contribution in [0.3, 0.4) is 0 Å². The number of furan rings is 1. The van der Waals surface area contributed by atoms with E-state index in [4.69, 9.17) is 9.15 Å². The van der Waals surface area contributed by atoms with Crippen LogP contribution < -0.4 is 0 Å². The summed E-state index contributed by atoms with van der Waals surface area (Å²) < 4.78 is 10.1. The summed E-state index contributed by atoms with van der Waals surface area (Å²) in [5.74, 6) is -2.71. The molecule has 0 saturated heterocycles. The molecule has 0 radical (unpaired) electrons. The van der Waals surface area contributed by atoms with Crippen LogP contribution in [0.15, 0.2) is 40.8 Å². The first-order valence-corrected chi connectivity index (χ1v) is 8.00. The van der Waals surface area contributed by atoms with Crippen molar-refractivity contribution in [3.8, 4) is 0 Å². The Morgan fingerprint density at radius 3 is 2.50 bits per heavy atom. The molecule has 2 N–H and O–H groups in total. The number of benzene rings is 1. The zero-order valence-corrected chi connectivity index (χ0v) is 13.9. The summed E-state index contributed by atoms with van der Waals surface area (Å²) in [6, 6.07) is 7.56. The summed E-state index contributed by atoms with van der Waals surface area (Å²) in [7, 11) is 0. The maximum Gasteiger partial charge on any atom is 0.334 e. The molecule has 3 rings (SSSR count). The van der Waals surface area contributed by atoms with Gasteiger partial charge in [0.15, 0.2) is 23.1 Å². The normalized spacial score (nSPS) is 14.6. The van der Waals surface area contributed by atoms with Gasteiger partial charge in [0.05, 0.1) is 17.7 Å². The average molecular weight is 356 g/mol. The third-order valence-electron chi connectivity index (χ3n) is 4.00. The van der Waals surface area contributed by atoms with Crippen molar-refractivity contribution in [1.82, 2.24) is 0 Å². The summed E-state index contributed by atoms with van der Waals surface area (Å²) in [5.41, 5.74) is 0.509. The van der Waals surface area contributed by atoms with Crippen LogP contribution in [-0.4, -0.2) is 40.5 Å². The van der Waals surface area contributed by atoms with Gasteiger partial charge in [-0.25, -0.2) is 4.79 Å². The minimum atomic E-state index is -0.884. The van der Waals surface area contributed by atoms with Crippen LogP contribution >= 0.6 is 0 Å². The fourth-order valence-electron chi connectivity index (χ4n) is 2.52. The van der Waals surface area contributed by atoms with Gasteiger partial charge in [-0.1, -0.05) is 31.2 Å². The molecule has 1 aromatic heterocycles. The van der Waals surface area contributed by atoms with Gasteiger partial charge in [0.25, 0.3) is 0 Å². The zero-order chi connectivity index (χ0) is 18.8. The van der Waals surface area contributed by atoms with Gasteiger partial charge in [-0.3, -0.25) is 9.59 Å². The summed E-state index contributed by atoms with van der Waals surface area (Å²) in [6.45, 7) is 1.52. The molecule has 7 nitrogen and oxygen atoms in total. The van der Waals surface area contributed by atoms with Crippen molar-refractivity contribution in [1.29, 1.82) is 0 Å². The lowest BCUT2D eigenvalue weighted by Crippen LogP contribution is -2.18. The van der Waals surface area contributed by atoms with Crippen LogP contribution in [0, 0.1) is 0 Å². The van der Waals surface area contributed by atoms with Gasteiger partial charge in [-0.15, -0.1) is 0 Å². The smallest absolute Gasteiger partial charge is 0.334 e. The zero-order valence-electron chi connectivity index (χ0n) is 13.9. The Hall–Kier alpha value is -3.19. The highest BCUT2D eigenvalue weighted by Crippen LogP contribution is 2.31. The Morgan fingerprint density at radius 1 is 1.19 bits per heavy atom. The first kappa shape index (κ1) is 17.6. The van der Waals surface area contributed by atoms with Crippen molar-refractivity contribution < 1.29 is 33.8 Å². The number of carbonyl (C=O) groups is 3. The molecule has 1 atom stereocenters. The number of hydrogen-bond acceptors (Lipinski definition) is 7. The van der Waals surface area contributed by atoms with E-state index in [0.717, 1.165) is 6.08 Å². The number of ether oxygens (including phenoxy) is 1. The highest BCUT2D eigenvalue weighted by Gasteiger charge is 2.34. The fraction of sp³-hybridized carbons (Fsp3) is 0.211. The lowest BCUT2D eigenvalue weighted by atomic mass is 9.88. The maximum absolute atomic E-state index is 12.5. The monoisotopic (exact) mass is 356 g/mol. The average Bonchev–Trinajstić information content (AvgIpc) is 3.10. The van der Waals surface area contributed by atoms with Crippen molar-refractivity contribution in [2.45, 2.75) is 19.4 Å². The van der Waals surface area contributed by atoms with Crippen LogP contribution in [0.25, 0.3) is 5.76 Å². The molecule has 1 aliphatic rings. The maximum atomic E-state index is 12.5. The number of fused-ring (bicyclic) bond motifs is 2. The summed E-state index contributed by atoms with van der Waals surface area (Å²) in [4.78, 5) is 36.6. The number of esters is 1.